The van der Waals surface area contributed by atoms with Crippen molar-refractivity contribution in [3.8, 4) is 5.75 Å². The normalized spacial score (nSPS) is 29.7. The summed E-state index contributed by atoms with van der Waals surface area (Å²) in [7, 11) is -4.19. The highest BCUT2D eigenvalue weighted by molar-refractivity contribution is 7.83. The van der Waals surface area contributed by atoms with Crippen molar-refractivity contribution in [3.05, 3.63) is 29.3 Å². The maximum atomic E-state index is 10.9. The van der Waals surface area contributed by atoms with Crippen LogP contribution in [-0.4, -0.2) is 49.9 Å². The van der Waals surface area contributed by atoms with Gasteiger partial charge in [-0.15, -0.1) is 0 Å². The van der Waals surface area contributed by atoms with Crippen LogP contribution in [0, 0.1) is 0 Å². The largest absolute Gasteiger partial charge is 0.472 e. The number of rotatable bonds is 4. The molecule has 0 amide bonds. The van der Waals surface area contributed by atoms with Crippen LogP contribution >= 0.6 is 0 Å². The molecule has 1 saturated carbocycles. The zero-order valence-electron chi connectivity index (χ0n) is 14.1. The number of nitrogens with one attached hydrogen (secondary N) is 1. The third-order valence-electron chi connectivity index (χ3n) is 5.56. The molecular formula is C17H24N2O5S. The Kier molecular flexibility index (Phi) is 4.49. The topological polar surface area (TPSA) is 88.1 Å². The molecule has 138 valence electrons. The van der Waals surface area contributed by atoms with Crippen molar-refractivity contribution >= 4 is 10.3 Å². The highest BCUT2D eigenvalue weighted by atomic mass is 32.2. The second kappa shape index (κ2) is 6.51. The molecule has 2 heterocycles. The number of nitrogens with zero attached hydrogens (tertiary/aromatic N) is 1. The van der Waals surface area contributed by atoms with Gasteiger partial charge < -0.3 is 9.47 Å². The molecule has 25 heavy (non-hydrogen) atoms. The molecule has 0 aromatic heterocycles. The molecule has 1 aromatic rings. The van der Waals surface area contributed by atoms with E-state index in [2.05, 4.69) is 9.62 Å². The minimum Gasteiger partial charge on any atom is -0.472 e. The molecule has 2 unspecified atom stereocenters. The van der Waals surface area contributed by atoms with Crippen LogP contribution in [0.4, 0.5) is 0 Å². The molecule has 2 fully saturated rings. The molecule has 8 heteroatoms. The van der Waals surface area contributed by atoms with Gasteiger partial charge in [0.1, 0.15) is 5.75 Å². The number of benzene rings is 1. The first-order valence-corrected chi connectivity index (χ1v) is 10.3. The van der Waals surface area contributed by atoms with Gasteiger partial charge in [0.15, 0.2) is 5.72 Å². The van der Waals surface area contributed by atoms with Crippen LogP contribution in [0.25, 0.3) is 0 Å². The van der Waals surface area contributed by atoms with Crippen LogP contribution in [0.2, 0.25) is 0 Å². The van der Waals surface area contributed by atoms with Gasteiger partial charge in [-0.2, -0.15) is 13.1 Å². The fraction of sp³-hybridized carbons (Fsp3) is 0.647. The molecule has 4 rings (SSSR count). The summed E-state index contributed by atoms with van der Waals surface area (Å²) in [6.07, 6.45) is 4.40. The Morgan fingerprint density at radius 1 is 1.28 bits per heavy atom. The van der Waals surface area contributed by atoms with Crippen LogP contribution in [0.15, 0.2) is 18.2 Å². The first kappa shape index (κ1) is 17.2. The molecule has 7 nitrogen and oxygen atoms in total. The molecule has 1 aromatic carbocycles. The van der Waals surface area contributed by atoms with Crippen molar-refractivity contribution in [1.82, 2.24) is 9.62 Å². The summed E-state index contributed by atoms with van der Waals surface area (Å²) in [5.74, 6) is 1.19. The number of hydrogen-bond acceptors (Lipinski definition) is 5. The lowest BCUT2D eigenvalue weighted by molar-refractivity contribution is -0.139. The van der Waals surface area contributed by atoms with Crippen molar-refractivity contribution in [2.24, 2.45) is 0 Å². The molecule has 0 spiro atoms. The fourth-order valence-corrected chi connectivity index (χ4v) is 4.82. The number of morpholine rings is 1. The predicted octanol–water partition coefficient (Wildman–Crippen LogP) is 1.66. The zero-order valence-corrected chi connectivity index (χ0v) is 14.9. The number of hydrogen-bond donors (Lipinski definition) is 2. The van der Waals surface area contributed by atoms with E-state index in [1.165, 1.54) is 6.42 Å². The number of fused-ring (bicyclic) bond motifs is 3. The predicted molar refractivity (Wildman–Crippen MR) is 91.8 cm³/mol. The van der Waals surface area contributed by atoms with Gasteiger partial charge in [0.2, 0.25) is 0 Å². The summed E-state index contributed by atoms with van der Waals surface area (Å²) in [6, 6.07) is 5.80. The molecule has 2 atom stereocenters. The van der Waals surface area contributed by atoms with Gasteiger partial charge >= 0.3 is 10.3 Å². The minimum atomic E-state index is -4.19. The molecule has 2 N–H and O–H groups in total. The summed E-state index contributed by atoms with van der Waals surface area (Å²) in [5, 5.41) is 0. The van der Waals surface area contributed by atoms with E-state index in [4.69, 9.17) is 14.0 Å². The second-order valence-electron chi connectivity index (χ2n) is 7.01. The Hall–Kier alpha value is -1.19. The molecular weight excluding hydrogens is 344 g/mol. The van der Waals surface area contributed by atoms with Crippen molar-refractivity contribution in [2.75, 3.05) is 26.3 Å². The Bertz CT molecular complexity index is 747. The van der Waals surface area contributed by atoms with Gasteiger partial charge in [-0.1, -0.05) is 18.6 Å². The summed E-state index contributed by atoms with van der Waals surface area (Å²) in [6.45, 7) is 3.29. The van der Waals surface area contributed by atoms with Crippen molar-refractivity contribution in [1.29, 1.82) is 0 Å². The van der Waals surface area contributed by atoms with Crippen molar-refractivity contribution < 1.29 is 22.4 Å². The van der Waals surface area contributed by atoms with Gasteiger partial charge in [-0.3, -0.25) is 9.45 Å². The quantitative estimate of drug-likeness (QED) is 0.786. The highest BCUT2D eigenvalue weighted by Crippen LogP contribution is 2.54. The van der Waals surface area contributed by atoms with E-state index >= 15 is 0 Å². The summed E-state index contributed by atoms with van der Waals surface area (Å²) < 4.78 is 44.9. The summed E-state index contributed by atoms with van der Waals surface area (Å²) in [4.78, 5) is 2.43. The second-order valence-corrected chi connectivity index (χ2v) is 8.25. The lowest BCUT2D eigenvalue weighted by atomic mass is 9.77. The Labute approximate surface area is 148 Å². The smallest absolute Gasteiger partial charge is 0.333 e. The van der Waals surface area contributed by atoms with E-state index in [-0.39, 0.29) is 12.3 Å². The molecule has 0 radical (unpaired) electrons. The van der Waals surface area contributed by atoms with Gasteiger partial charge in [-0.25, -0.2) is 0 Å². The molecule has 2 aliphatic heterocycles. The van der Waals surface area contributed by atoms with Crippen LogP contribution < -0.4 is 9.46 Å². The molecule has 0 bridgehead atoms. The molecule has 1 aliphatic carbocycles. The Morgan fingerprint density at radius 2 is 2.08 bits per heavy atom. The van der Waals surface area contributed by atoms with Crippen LogP contribution in [-0.2, 0) is 21.6 Å². The van der Waals surface area contributed by atoms with E-state index in [1.807, 2.05) is 18.2 Å². The van der Waals surface area contributed by atoms with E-state index in [9.17, 15) is 8.42 Å². The lowest BCUT2D eigenvalue weighted by Gasteiger charge is -2.47. The summed E-state index contributed by atoms with van der Waals surface area (Å²) in [5.41, 5.74) is 1.68. The average Bonchev–Trinajstić information content (AvgIpc) is 2.95. The third-order valence-corrected chi connectivity index (χ3v) is 6.07. The van der Waals surface area contributed by atoms with Crippen molar-refractivity contribution in [3.63, 3.8) is 0 Å². The van der Waals surface area contributed by atoms with Crippen molar-refractivity contribution in [2.45, 2.75) is 43.9 Å². The highest BCUT2D eigenvalue weighted by Gasteiger charge is 2.53. The van der Waals surface area contributed by atoms with Gasteiger partial charge in [0.05, 0.1) is 13.2 Å². The van der Waals surface area contributed by atoms with E-state index < -0.39 is 10.3 Å². The Morgan fingerprint density at radius 3 is 2.84 bits per heavy atom. The fourth-order valence-electron chi connectivity index (χ4n) is 4.47. The molecule has 1 saturated heterocycles. The van der Waals surface area contributed by atoms with Gasteiger partial charge in [-0.05, 0) is 24.5 Å². The lowest BCUT2D eigenvalue weighted by Crippen LogP contribution is -2.59. The van der Waals surface area contributed by atoms with Crippen LogP contribution in [0.1, 0.15) is 42.7 Å². The van der Waals surface area contributed by atoms with Crippen LogP contribution in [0.5, 0.6) is 5.75 Å². The average molecular weight is 368 g/mol. The monoisotopic (exact) mass is 368 g/mol. The van der Waals surface area contributed by atoms with Crippen LogP contribution in [0.3, 0.4) is 0 Å². The maximum Gasteiger partial charge on any atom is 0.333 e. The third kappa shape index (κ3) is 3.29. The maximum absolute atomic E-state index is 10.9. The zero-order chi connectivity index (χ0) is 17.5. The standard InChI is InChI=1S/C17H24N2O5S/c20-25(21,22)18-12-13-4-5-16-14(11-13)15-3-1-2-6-17(15,24-16)19-7-9-23-10-8-19/h4-5,11,15,18H,1-3,6-10,12H2,(H,20,21,22). The Balaban J connectivity index is 1.62. The van der Waals surface area contributed by atoms with Gasteiger partial charge in [0.25, 0.3) is 0 Å². The first-order chi connectivity index (χ1) is 12.0. The SMILES string of the molecule is O=S(=O)(O)NCc1ccc2c(c1)C1CCCCC1(N1CCOCC1)O2. The number of ether oxygens (including phenoxy) is 2. The first-order valence-electron chi connectivity index (χ1n) is 8.85. The van der Waals surface area contributed by atoms with E-state index in [0.717, 1.165) is 62.4 Å². The summed E-state index contributed by atoms with van der Waals surface area (Å²) >= 11 is 0. The minimum absolute atomic E-state index is 0.0728. The van der Waals surface area contributed by atoms with E-state index in [1.54, 1.807) is 0 Å². The van der Waals surface area contributed by atoms with E-state index in [0.29, 0.717) is 5.92 Å². The van der Waals surface area contributed by atoms with Gasteiger partial charge in [0, 0.05) is 37.5 Å². The molecule has 3 aliphatic rings.